The SMILES string of the molecule is CC1=CC(=C(C#N)C#N)Oc2c1cc1c3c2C(C)(C)CCN3CCC1(C)C. The molecule has 4 heteroatoms. The van der Waals surface area contributed by atoms with Crippen LogP contribution in [0.2, 0.25) is 0 Å². The van der Waals surface area contributed by atoms with Crippen molar-refractivity contribution in [3.05, 3.63) is 40.2 Å². The second-order valence-electron chi connectivity index (χ2n) is 9.17. The maximum atomic E-state index is 9.31. The highest BCUT2D eigenvalue weighted by molar-refractivity contribution is 5.83. The van der Waals surface area contributed by atoms with Crippen molar-refractivity contribution in [2.75, 3.05) is 18.0 Å². The smallest absolute Gasteiger partial charge is 0.172 e. The van der Waals surface area contributed by atoms with Crippen molar-refractivity contribution in [2.24, 2.45) is 0 Å². The number of nitriles is 2. The molecule has 138 valence electrons. The Bertz CT molecular complexity index is 978. The predicted molar refractivity (Wildman–Crippen MR) is 106 cm³/mol. The van der Waals surface area contributed by atoms with Gasteiger partial charge in [0, 0.05) is 29.9 Å². The van der Waals surface area contributed by atoms with E-state index in [2.05, 4.69) is 38.7 Å². The molecule has 0 amide bonds. The maximum Gasteiger partial charge on any atom is 0.172 e. The highest BCUT2D eigenvalue weighted by atomic mass is 16.5. The summed E-state index contributed by atoms with van der Waals surface area (Å²) < 4.78 is 6.25. The summed E-state index contributed by atoms with van der Waals surface area (Å²) in [5.74, 6) is 1.20. The fraction of sp³-hybridized carbons (Fsp3) is 0.478. The summed E-state index contributed by atoms with van der Waals surface area (Å²) >= 11 is 0. The minimum atomic E-state index is -0.0263. The van der Waals surface area contributed by atoms with Gasteiger partial charge in [-0.1, -0.05) is 27.7 Å². The number of anilines is 1. The van der Waals surface area contributed by atoms with Crippen LogP contribution >= 0.6 is 0 Å². The number of allylic oxidation sites excluding steroid dienone is 3. The Balaban J connectivity index is 2.08. The molecule has 0 unspecified atom stereocenters. The zero-order valence-corrected chi connectivity index (χ0v) is 16.7. The molecule has 0 fully saturated rings. The van der Waals surface area contributed by atoms with Gasteiger partial charge in [-0.3, -0.25) is 0 Å². The molecule has 4 rings (SSSR count). The molecule has 0 spiro atoms. The van der Waals surface area contributed by atoms with Crippen LogP contribution in [-0.4, -0.2) is 13.1 Å². The van der Waals surface area contributed by atoms with Crippen LogP contribution in [0.4, 0.5) is 5.69 Å². The van der Waals surface area contributed by atoms with E-state index in [0.29, 0.717) is 5.76 Å². The van der Waals surface area contributed by atoms with Crippen molar-refractivity contribution in [3.63, 3.8) is 0 Å². The Morgan fingerprint density at radius 3 is 2.33 bits per heavy atom. The van der Waals surface area contributed by atoms with Gasteiger partial charge in [0.1, 0.15) is 17.9 Å². The van der Waals surface area contributed by atoms with Gasteiger partial charge in [0.2, 0.25) is 0 Å². The van der Waals surface area contributed by atoms with E-state index >= 15 is 0 Å². The lowest BCUT2D eigenvalue weighted by atomic mass is 9.68. The first-order chi connectivity index (χ1) is 12.7. The van der Waals surface area contributed by atoms with Gasteiger partial charge in [0.05, 0.1) is 0 Å². The van der Waals surface area contributed by atoms with Crippen molar-refractivity contribution in [1.82, 2.24) is 0 Å². The van der Waals surface area contributed by atoms with Gasteiger partial charge in [-0.15, -0.1) is 0 Å². The molecule has 3 aliphatic rings. The van der Waals surface area contributed by atoms with Gasteiger partial charge in [-0.05, 0) is 53.9 Å². The maximum absolute atomic E-state index is 9.31. The normalized spacial score (nSPS) is 21.1. The van der Waals surface area contributed by atoms with Crippen molar-refractivity contribution in [2.45, 2.75) is 58.3 Å². The molecule has 0 atom stereocenters. The average Bonchev–Trinajstić information content (AvgIpc) is 2.60. The van der Waals surface area contributed by atoms with Crippen LogP contribution in [-0.2, 0) is 10.8 Å². The molecule has 3 aliphatic heterocycles. The molecular weight excluding hydrogens is 334 g/mol. The van der Waals surface area contributed by atoms with E-state index in [-0.39, 0.29) is 16.4 Å². The summed E-state index contributed by atoms with van der Waals surface area (Å²) in [4.78, 5) is 2.50. The minimum Gasteiger partial charge on any atom is -0.454 e. The van der Waals surface area contributed by atoms with E-state index in [1.165, 1.54) is 16.8 Å². The zero-order chi connectivity index (χ0) is 19.6. The Kier molecular flexibility index (Phi) is 3.69. The van der Waals surface area contributed by atoms with Crippen LogP contribution < -0.4 is 9.64 Å². The fourth-order valence-corrected chi connectivity index (χ4v) is 4.62. The number of ether oxygens (including phenoxy) is 1. The van der Waals surface area contributed by atoms with Crippen molar-refractivity contribution in [1.29, 1.82) is 10.5 Å². The predicted octanol–water partition coefficient (Wildman–Crippen LogP) is 4.95. The van der Waals surface area contributed by atoms with Crippen molar-refractivity contribution < 1.29 is 4.74 Å². The van der Waals surface area contributed by atoms with Crippen LogP contribution in [0.1, 0.15) is 64.2 Å². The van der Waals surface area contributed by atoms with Crippen molar-refractivity contribution in [3.8, 4) is 17.9 Å². The summed E-state index contributed by atoms with van der Waals surface area (Å²) in [6.07, 6.45) is 4.03. The highest BCUT2D eigenvalue weighted by Crippen LogP contribution is 2.55. The Morgan fingerprint density at radius 2 is 1.70 bits per heavy atom. The van der Waals surface area contributed by atoms with Crippen molar-refractivity contribution >= 4 is 11.3 Å². The summed E-state index contributed by atoms with van der Waals surface area (Å²) in [7, 11) is 0. The van der Waals surface area contributed by atoms with E-state index in [0.717, 1.165) is 42.8 Å². The molecule has 0 aliphatic carbocycles. The first kappa shape index (κ1) is 17.7. The Hall–Kier alpha value is -2.72. The molecular formula is C23H25N3O. The third-order valence-electron chi connectivity index (χ3n) is 6.44. The minimum absolute atomic E-state index is 0.0238. The van der Waals surface area contributed by atoms with Gasteiger partial charge in [-0.2, -0.15) is 10.5 Å². The number of benzene rings is 1. The monoisotopic (exact) mass is 359 g/mol. The topological polar surface area (TPSA) is 60.1 Å². The first-order valence-corrected chi connectivity index (χ1v) is 9.57. The van der Waals surface area contributed by atoms with E-state index in [4.69, 9.17) is 4.74 Å². The van der Waals surface area contributed by atoms with Crippen LogP contribution in [0, 0.1) is 22.7 Å². The van der Waals surface area contributed by atoms with Crippen LogP contribution in [0.15, 0.2) is 23.5 Å². The quantitative estimate of drug-likeness (QED) is 0.615. The molecule has 3 heterocycles. The van der Waals surface area contributed by atoms with Crippen LogP contribution in [0.3, 0.4) is 0 Å². The number of hydrogen-bond donors (Lipinski definition) is 0. The first-order valence-electron chi connectivity index (χ1n) is 9.57. The number of fused-ring (bicyclic) bond motifs is 2. The molecule has 0 N–H and O–H groups in total. The third kappa shape index (κ3) is 2.47. The van der Waals surface area contributed by atoms with E-state index in [1.54, 1.807) is 0 Å². The molecule has 0 saturated heterocycles. The lowest BCUT2D eigenvalue weighted by Crippen LogP contribution is -2.45. The Morgan fingerprint density at radius 1 is 1.07 bits per heavy atom. The third-order valence-corrected chi connectivity index (χ3v) is 6.44. The molecule has 0 radical (unpaired) electrons. The molecule has 0 saturated carbocycles. The largest absolute Gasteiger partial charge is 0.454 e. The number of hydrogen-bond acceptors (Lipinski definition) is 4. The second-order valence-corrected chi connectivity index (χ2v) is 9.17. The molecule has 0 aromatic heterocycles. The molecule has 1 aromatic carbocycles. The standard InChI is InChI=1S/C23H25N3O/c1-14-10-18(15(12-24)13-25)27-21-16(14)11-17-20-19(21)23(4,5)7-9-26(20)8-6-22(17,2)3/h10-11H,6-9H2,1-5H3. The van der Waals surface area contributed by atoms with Gasteiger partial charge in [0.15, 0.2) is 11.3 Å². The van der Waals surface area contributed by atoms with Crippen LogP contribution in [0.25, 0.3) is 5.57 Å². The summed E-state index contributed by atoms with van der Waals surface area (Å²) in [6, 6.07) is 6.22. The second kappa shape index (κ2) is 5.64. The summed E-state index contributed by atoms with van der Waals surface area (Å²) in [5.41, 5.74) is 6.18. The van der Waals surface area contributed by atoms with Gasteiger partial charge >= 0.3 is 0 Å². The summed E-state index contributed by atoms with van der Waals surface area (Å²) in [6.45, 7) is 13.4. The lowest BCUT2D eigenvalue weighted by Gasteiger charge is -2.49. The Labute approximate surface area is 161 Å². The highest BCUT2D eigenvalue weighted by Gasteiger charge is 2.43. The van der Waals surface area contributed by atoms with Crippen LogP contribution in [0.5, 0.6) is 5.75 Å². The molecule has 4 nitrogen and oxygen atoms in total. The molecule has 1 aromatic rings. The zero-order valence-electron chi connectivity index (χ0n) is 16.7. The van der Waals surface area contributed by atoms with E-state index in [1.807, 2.05) is 25.1 Å². The molecule has 27 heavy (non-hydrogen) atoms. The lowest BCUT2D eigenvalue weighted by molar-refractivity contribution is 0.370. The van der Waals surface area contributed by atoms with E-state index < -0.39 is 0 Å². The van der Waals surface area contributed by atoms with Gasteiger partial charge in [-0.25, -0.2) is 0 Å². The average molecular weight is 359 g/mol. The van der Waals surface area contributed by atoms with Gasteiger partial charge < -0.3 is 9.64 Å². The summed E-state index contributed by atoms with van der Waals surface area (Å²) in [5, 5.41) is 18.6. The number of nitrogens with zero attached hydrogens (tertiary/aromatic N) is 3. The fourth-order valence-electron chi connectivity index (χ4n) is 4.62. The van der Waals surface area contributed by atoms with Gasteiger partial charge in [0.25, 0.3) is 0 Å². The molecule has 0 bridgehead atoms. The number of rotatable bonds is 0. The van der Waals surface area contributed by atoms with E-state index in [9.17, 15) is 10.5 Å².